The molecule has 0 fully saturated rings. The molecule has 0 heterocycles. The molecule has 0 aliphatic carbocycles. The topological polar surface area (TPSA) is 105 Å². The highest BCUT2D eigenvalue weighted by atomic mass is 35.5. The average molecular weight is 665 g/mol. The second-order valence-corrected chi connectivity index (χ2v) is 13.4. The van der Waals surface area contributed by atoms with E-state index in [1.54, 1.807) is 49.4 Å². The van der Waals surface area contributed by atoms with E-state index in [1.165, 1.54) is 37.3 Å². The van der Waals surface area contributed by atoms with Gasteiger partial charge in [0.1, 0.15) is 12.6 Å². The highest BCUT2D eigenvalue weighted by Gasteiger charge is 2.34. The van der Waals surface area contributed by atoms with Gasteiger partial charge in [-0.05, 0) is 61.2 Å². The van der Waals surface area contributed by atoms with Crippen molar-refractivity contribution in [2.24, 2.45) is 5.92 Å². The van der Waals surface area contributed by atoms with Crippen molar-refractivity contribution in [1.29, 1.82) is 0 Å². The lowest BCUT2D eigenvalue weighted by atomic mass is 10.1. The van der Waals surface area contributed by atoms with Crippen LogP contribution in [-0.2, 0) is 26.2 Å². The minimum Gasteiger partial charge on any atom is -0.493 e. The number of ether oxygens (including phenoxy) is 2. The summed E-state index contributed by atoms with van der Waals surface area (Å²) in [5.41, 5.74) is 1.75. The van der Waals surface area contributed by atoms with E-state index in [-0.39, 0.29) is 41.1 Å². The first kappa shape index (κ1) is 35.0. The van der Waals surface area contributed by atoms with Crippen LogP contribution in [-0.4, -0.2) is 58.5 Å². The number of anilines is 1. The van der Waals surface area contributed by atoms with Gasteiger partial charge in [-0.25, -0.2) is 8.42 Å². The zero-order chi connectivity index (χ0) is 32.6. The Labute approximate surface area is 270 Å². The number of rotatable bonds is 14. The summed E-state index contributed by atoms with van der Waals surface area (Å²) in [5, 5.41) is 3.65. The molecule has 0 aliphatic rings. The van der Waals surface area contributed by atoms with Gasteiger partial charge in [0.25, 0.3) is 10.0 Å². The number of hydrogen-bond donors (Lipinski definition) is 1. The number of benzene rings is 3. The van der Waals surface area contributed by atoms with Crippen molar-refractivity contribution in [3.05, 3.63) is 81.8 Å². The first-order chi connectivity index (χ1) is 20.8. The Bertz CT molecular complexity index is 1560. The van der Waals surface area contributed by atoms with Crippen LogP contribution in [0.3, 0.4) is 0 Å². The number of carbonyl (C=O) groups is 2. The summed E-state index contributed by atoms with van der Waals surface area (Å²) in [5.74, 6) is -0.171. The van der Waals surface area contributed by atoms with Crippen molar-refractivity contribution in [1.82, 2.24) is 10.2 Å². The van der Waals surface area contributed by atoms with Gasteiger partial charge in [-0.1, -0.05) is 67.7 Å². The molecule has 0 saturated heterocycles. The fourth-order valence-electron chi connectivity index (χ4n) is 4.52. The molecule has 0 unspecified atom stereocenters. The minimum atomic E-state index is -4.31. The largest absolute Gasteiger partial charge is 0.493 e. The van der Waals surface area contributed by atoms with Gasteiger partial charge in [0, 0.05) is 29.2 Å². The van der Waals surface area contributed by atoms with Gasteiger partial charge in [0.15, 0.2) is 11.5 Å². The molecule has 3 aromatic carbocycles. The monoisotopic (exact) mass is 663 g/mol. The molecule has 9 nitrogen and oxygen atoms in total. The molecule has 3 aromatic rings. The predicted octanol–water partition coefficient (Wildman–Crippen LogP) is 6.09. The Morgan fingerprint density at radius 1 is 0.932 bits per heavy atom. The normalized spacial score (nSPS) is 12.0. The molecule has 2 amide bonds. The van der Waals surface area contributed by atoms with Crippen molar-refractivity contribution in [3.8, 4) is 11.5 Å². The highest BCUT2D eigenvalue weighted by molar-refractivity contribution is 7.92. The summed E-state index contributed by atoms with van der Waals surface area (Å²) in [6.45, 7) is 7.40. The number of hydrogen-bond acceptors (Lipinski definition) is 6. The molecular formula is C32H39Cl2N3O6S. The lowest BCUT2D eigenvalue weighted by Crippen LogP contribution is -2.52. The van der Waals surface area contributed by atoms with Crippen LogP contribution >= 0.6 is 23.2 Å². The number of amides is 2. The molecule has 0 radical (unpaired) electrons. The van der Waals surface area contributed by atoms with Crippen LogP contribution in [0.1, 0.15) is 38.3 Å². The zero-order valence-corrected chi connectivity index (χ0v) is 28.1. The molecule has 0 saturated carbocycles. The molecule has 0 aromatic heterocycles. The van der Waals surface area contributed by atoms with Crippen LogP contribution in [0, 0.1) is 12.8 Å². The zero-order valence-electron chi connectivity index (χ0n) is 25.8. The third kappa shape index (κ3) is 8.58. The van der Waals surface area contributed by atoms with E-state index < -0.39 is 28.5 Å². The van der Waals surface area contributed by atoms with Gasteiger partial charge in [-0.15, -0.1) is 0 Å². The third-order valence-electron chi connectivity index (χ3n) is 6.97. The van der Waals surface area contributed by atoms with E-state index in [2.05, 4.69) is 5.32 Å². The van der Waals surface area contributed by atoms with Crippen molar-refractivity contribution in [2.75, 3.05) is 31.6 Å². The van der Waals surface area contributed by atoms with Gasteiger partial charge in [-0.3, -0.25) is 13.9 Å². The number of methoxy groups -OCH3 is 2. The van der Waals surface area contributed by atoms with Crippen molar-refractivity contribution >= 4 is 50.7 Å². The Morgan fingerprint density at radius 2 is 1.59 bits per heavy atom. The second kappa shape index (κ2) is 15.5. The third-order valence-corrected chi connectivity index (χ3v) is 9.33. The van der Waals surface area contributed by atoms with E-state index >= 15 is 0 Å². The van der Waals surface area contributed by atoms with Gasteiger partial charge in [-0.2, -0.15) is 0 Å². The number of sulfonamides is 1. The van der Waals surface area contributed by atoms with Crippen LogP contribution in [0.25, 0.3) is 0 Å². The summed E-state index contributed by atoms with van der Waals surface area (Å²) in [4.78, 5) is 28.9. The summed E-state index contributed by atoms with van der Waals surface area (Å²) >= 11 is 12.6. The van der Waals surface area contributed by atoms with E-state index in [0.29, 0.717) is 27.9 Å². The Balaban J connectivity index is 2.10. The molecule has 12 heteroatoms. The maximum Gasteiger partial charge on any atom is 0.264 e. The fraction of sp³-hybridized carbons (Fsp3) is 0.375. The molecule has 1 N–H and O–H groups in total. The minimum absolute atomic E-state index is 0.0411. The number of nitrogens with one attached hydrogen (secondary N) is 1. The number of nitrogens with zero attached hydrogens (tertiary/aromatic N) is 2. The van der Waals surface area contributed by atoms with Crippen molar-refractivity contribution in [2.45, 2.75) is 51.6 Å². The van der Waals surface area contributed by atoms with Crippen LogP contribution in [0.4, 0.5) is 5.69 Å². The summed E-state index contributed by atoms with van der Waals surface area (Å²) in [6, 6.07) is 15.0. The Morgan fingerprint density at radius 3 is 2.16 bits per heavy atom. The quantitative estimate of drug-likeness (QED) is 0.224. The van der Waals surface area contributed by atoms with Gasteiger partial charge in [0.05, 0.1) is 24.8 Å². The molecule has 0 bridgehead atoms. The fourth-order valence-corrected chi connectivity index (χ4v) is 6.42. The molecule has 0 spiro atoms. The Hall–Kier alpha value is -3.47. The van der Waals surface area contributed by atoms with Crippen LogP contribution in [0.5, 0.6) is 11.5 Å². The van der Waals surface area contributed by atoms with E-state index in [4.69, 9.17) is 32.7 Å². The Kier molecular flexibility index (Phi) is 12.3. The van der Waals surface area contributed by atoms with Crippen LogP contribution in [0.2, 0.25) is 10.0 Å². The SMILES string of the molecule is CC[C@@H](C(=O)NCC(C)C)N(Cc1ccc(Cl)cc1Cl)C(=O)CN(c1ccc(C)cc1)S(=O)(=O)c1ccc(OC)c(OC)c1. The maximum absolute atomic E-state index is 14.2. The smallest absolute Gasteiger partial charge is 0.264 e. The van der Waals surface area contributed by atoms with Crippen molar-refractivity contribution < 1.29 is 27.5 Å². The van der Waals surface area contributed by atoms with Gasteiger partial charge >= 0.3 is 0 Å². The van der Waals surface area contributed by atoms with E-state index in [0.717, 1.165) is 9.87 Å². The molecule has 3 rings (SSSR count). The number of aryl methyl sites for hydroxylation is 1. The van der Waals surface area contributed by atoms with Crippen LogP contribution in [0.15, 0.2) is 65.6 Å². The molecule has 1 atom stereocenters. The van der Waals surface area contributed by atoms with E-state index in [1.807, 2.05) is 20.8 Å². The highest BCUT2D eigenvalue weighted by Crippen LogP contribution is 2.33. The lowest BCUT2D eigenvalue weighted by molar-refractivity contribution is -0.140. The summed E-state index contributed by atoms with van der Waals surface area (Å²) in [7, 11) is -1.45. The summed E-state index contributed by atoms with van der Waals surface area (Å²) in [6.07, 6.45) is 0.286. The van der Waals surface area contributed by atoms with Gasteiger partial charge in [0.2, 0.25) is 11.8 Å². The standard InChI is InChI=1S/C32H39Cl2N3O6S/c1-7-28(32(39)35-18-21(2)3)36(19-23-10-11-24(33)16-27(23)34)31(38)20-37(25-12-8-22(4)9-13-25)44(40,41)26-14-15-29(42-5)30(17-26)43-6/h8-17,21,28H,7,18-20H2,1-6H3,(H,35,39)/t28-/m0/s1. The predicted molar refractivity (Wildman–Crippen MR) is 174 cm³/mol. The molecule has 44 heavy (non-hydrogen) atoms. The molecule has 238 valence electrons. The maximum atomic E-state index is 14.2. The average Bonchev–Trinajstić information content (AvgIpc) is 2.99. The number of carbonyl (C=O) groups excluding carboxylic acids is 2. The first-order valence-corrected chi connectivity index (χ1v) is 16.3. The van der Waals surface area contributed by atoms with Gasteiger partial charge < -0.3 is 19.7 Å². The lowest BCUT2D eigenvalue weighted by Gasteiger charge is -2.33. The molecule has 0 aliphatic heterocycles. The first-order valence-electron chi connectivity index (χ1n) is 14.1. The second-order valence-electron chi connectivity index (χ2n) is 10.7. The van der Waals surface area contributed by atoms with Crippen molar-refractivity contribution in [3.63, 3.8) is 0 Å². The summed E-state index contributed by atoms with van der Waals surface area (Å²) < 4.78 is 40.0. The van der Waals surface area contributed by atoms with E-state index in [9.17, 15) is 18.0 Å². The number of halogens is 2. The molecular weight excluding hydrogens is 625 g/mol. The van der Waals surface area contributed by atoms with Crippen LogP contribution < -0.4 is 19.1 Å².